The van der Waals surface area contributed by atoms with Gasteiger partial charge in [0, 0.05) is 31.1 Å². The van der Waals surface area contributed by atoms with Crippen molar-refractivity contribution >= 4 is 17.7 Å². The molecule has 1 aromatic heterocycles. The van der Waals surface area contributed by atoms with Crippen molar-refractivity contribution < 1.29 is 4.79 Å². The number of amides is 1. The minimum absolute atomic E-state index is 0.0366. The van der Waals surface area contributed by atoms with Crippen molar-refractivity contribution in [1.29, 1.82) is 0 Å². The van der Waals surface area contributed by atoms with E-state index < -0.39 is 0 Å². The molecule has 1 aromatic rings. The second-order valence-electron chi connectivity index (χ2n) is 5.16. The van der Waals surface area contributed by atoms with Gasteiger partial charge < -0.3 is 5.32 Å². The van der Waals surface area contributed by atoms with E-state index in [0.717, 1.165) is 6.42 Å². The number of hydrogen-bond acceptors (Lipinski definition) is 4. The predicted octanol–water partition coefficient (Wildman–Crippen LogP) is 1.13. The van der Waals surface area contributed by atoms with Crippen LogP contribution in [0.4, 0.5) is 0 Å². The van der Waals surface area contributed by atoms with Gasteiger partial charge in [0.25, 0.3) is 5.56 Å². The topological polar surface area (TPSA) is 64.0 Å². The van der Waals surface area contributed by atoms with Gasteiger partial charge in [0.15, 0.2) is 5.16 Å². The number of fused-ring (bicyclic) bond motifs is 1. The normalized spacial score (nSPS) is 18.2. The van der Waals surface area contributed by atoms with E-state index in [1.165, 1.54) is 24.0 Å². The maximum absolute atomic E-state index is 12.0. The first-order chi connectivity index (χ1) is 9.08. The van der Waals surface area contributed by atoms with E-state index in [2.05, 4.69) is 24.1 Å². The molecule has 104 valence electrons. The van der Waals surface area contributed by atoms with Crippen molar-refractivity contribution in [2.24, 2.45) is 11.8 Å². The van der Waals surface area contributed by atoms with Gasteiger partial charge in [-0.1, -0.05) is 25.6 Å². The zero-order chi connectivity index (χ0) is 13.8. The Hall–Kier alpha value is -1.30. The molecule has 1 aliphatic rings. The highest BCUT2D eigenvalue weighted by molar-refractivity contribution is 7.99. The van der Waals surface area contributed by atoms with Crippen LogP contribution in [-0.4, -0.2) is 27.8 Å². The summed E-state index contributed by atoms with van der Waals surface area (Å²) in [6, 6.07) is 1.43. The van der Waals surface area contributed by atoms with Crippen molar-refractivity contribution in [2.75, 3.05) is 12.3 Å². The maximum atomic E-state index is 12.0. The zero-order valence-corrected chi connectivity index (χ0v) is 12.1. The van der Waals surface area contributed by atoms with Crippen molar-refractivity contribution in [3.8, 4) is 0 Å². The first-order valence-electron chi connectivity index (χ1n) is 6.54. The first-order valence-corrected chi connectivity index (χ1v) is 7.53. The lowest BCUT2D eigenvalue weighted by atomic mass is 10.1. The van der Waals surface area contributed by atoms with Crippen LogP contribution in [0, 0.1) is 11.8 Å². The molecular weight excluding hydrogens is 262 g/mol. The summed E-state index contributed by atoms with van der Waals surface area (Å²) < 4.78 is 1.58. The Labute approximate surface area is 116 Å². The lowest BCUT2D eigenvalue weighted by Crippen LogP contribution is -2.40. The summed E-state index contributed by atoms with van der Waals surface area (Å²) in [6.45, 7) is 5.39. The number of carbonyl (C=O) groups excluding carboxylic acids is 1. The molecule has 1 atom stereocenters. The second-order valence-corrected chi connectivity index (χ2v) is 6.14. The number of thioether (sulfide) groups is 1. The molecule has 1 unspecified atom stereocenters. The van der Waals surface area contributed by atoms with Gasteiger partial charge in [-0.15, -0.1) is 0 Å². The third-order valence-electron chi connectivity index (χ3n) is 3.11. The van der Waals surface area contributed by atoms with E-state index in [4.69, 9.17) is 0 Å². The van der Waals surface area contributed by atoms with Crippen LogP contribution >= 0.6 is 11.8 Å². The van der Waals surface area contributed by atoms with Crippen LogP contribution in [0.2, 0.25) is 0 Å². The van der Waals surface area contributed by atoms with Crippen LogP contribution in [0.1, 0.15) is 20.3 Å². The molecule has 0 bridgehead atoms. The molecule has 6 heteroatoms. The van der Waals surface area contributed by atoms with Crippen molar-refractivity contribution in [1.82, 2.24) is 14.9 Å². The Morgan fingerprint density at radius 2 is 2.42 bits per heavy atom. The van der Waals surface area contributed by atoms with Crippen LogP contribution in [0.15, 0.2) is 22.2 Å². The lowest BCUT2D eigenvalue weighted by Gasteiger charge is -2.23. The Morgan fingerprint density at radius 1 is 1.63 bits per heavy atom. The molecule has 2 heterocycles. The van der Waals surface area contributed by atoms with Crippen LogP contribution < -0.4 is 10.9 Å². The summed E-state index contributed by atoms with van der Waals surface area (Å²) in [7, 11) is 0. The molecule has 0 radical (unpaired) electrons. The van der Waals surface area contributed by atoms with E-state index in [1.807, 2.05) is 0 Å². The lowest BCUT2D eigenvalue weighted by molar-refractivity contribution is -0.124. The molecule has 19 heavy (non-hydrogen) atoms. The fourth-order valence-corrected chi connectivity index (χ4v) is 3.00. The Balaban J connectivity index is 1.96. The number of carbonyl (C=O) groups is 1. The molecule has 1 aliphatic heterocycles. The molecule has 0 saturated carbocycles. The fraction of sp³-hybridized carbons (Fsp3) is 0.615. The summed E-state index contributed by atoms with van der Waals surface area (Å²) in [5, 5.41) is 3.65. The van der Waals surface area contributed by atoms with E-state index >= 15 is 0 Å². The molecule has 2 rings (SSSR count). The molecule has 1 N–H and O–H groups in total. The number of nitrogens with one attached hydrogen (secondary N) is 1. The van der Waals surface area contributed by atoms with Crippen molar-refractivity contribution in [3.05, 3.63) is 22.6 Å². The van der Waals surface area contributed by atoms with Crippen molar-refractivity contribution in [2.45, 2.75) is 32.0 Å². The van der Waals surface area contributed by atoms with Gasteiger partial charge in [-0.25, -0.2) is 4.98 Å². The van der Waals surface area contributed by atoms with Gasteiger partial charge in [-0.05, 0) is 12.3 Å². The van der Waals surface area contributed by atoms with Crippen LogP contribution in [0.25, 0.3) is 0 Å². The Morgan fingerprint density at radius 3 is 3.16 bits per heavy atom. The number of hydrogen-bond donors (Lipinski definition) is 1. The highest BCUT2D eigenvalue weighted by Gasteiger charge is 2.26. The molecular formula is C13H19N3O2S. The van der Waals surface area contributed by atoms with Crippen molar-refractivity contribution in [3.63, 3.8) is 0 Å². The number of aromatic nitrogens is 2. The van der Waals surface area contributed by atoms with E-state index in [1.54, 1.807) is 4.57 Å². The average molecular weight is 281 g/mol. The van der Waals surface area contributed by atoms with Gasteiger partial charge in [0.2, 0.25) is 5.91 Å². The smallest absolute Gasteiger partial charge is 0.254 e. The van der Waals surface area contributed by atoms with Gasteiger partial charge in [0.1, 0.15) is 0 Å². The number of nitrogens with zero attached hydrogens (tertiary/aromatic N) is 2. The van der Waals surface area contributed by atoms with Gasteiger partial charge >= 0.3 is 0 Å². The minimum atomic E-state index is -0.147. The Kier molecular flexibility index (Phi) is 4.63. The molecule has 5 nitrogen and oxygen atoms in total. The largest absolute Gasteiger partial charge is 0.356 e. The third kappa shape index (κ3) is 3.59. The second kappa shape index (κ2) is 6.23. The highest BCUT2D eigenvalue weighted by Crippen LogP contribution is 2.24. The monoisotopic (exact) mass is 281 g/mol. The molecule has 0 aromatic carbocycles. The standard InChI is InChI=1S/C13H19N3O2S/c1-9(2)3-5-14-12(18)10-7-16-11(17)4-6-15-13(16)19-8-10/h4,6,9-10H,3,5,7-8H2,1-2H3,(H,14,18). The summed E-state index contributed by atoms with van der Waals surface area (Å²) in [6.07, 6.45) is 2.49. The molecule has 0 aliphatic carbocycles. The highest BCUT2D eigenvalue weighted by atomic mass is 32.2. The Bertz CT molecular complexity index is 513. The van der Waals surface area contributed by atoms with Gasteiger partial charge in [-0.2, -0.15) is 0 Å². The fourth-order valence-electron chi connectivity index (χ4n) is 1.94. The number of rotatable bonds is 4. The van der Waals surface area contributed by atoms with E-state index in [9.17, 15) is 9.59 Å². The van der Waals surface area contributed by atoms with E-state index in [-0.39, 0.29) is 17.4 Å². The summed E-state index contributed by atoms with van der Waals surface area (Å²) in [5.41, 5.74) is -0.0859. The summed E-state index contributed by atoms with van der Waals surface area (Å²) in [4.78, 5) is 27.9. The first kappa shape index (κ1) is 14.1. The quantitative estimate of drug-likeness (QED) is 0.840. The molecule has 0 fully saturated rings. The average Bonchev–Trinajstić information content (AvgIpc) is 2.38. The van der Waals surface area contributed by atoms with Crippen LogP contribution in [0.3, 0.4) is 0 Å². The molecule has 0 spiro atoms. The van der Waals surface area contributed by atoms with Gasteiger partial charge in [-0.3, -0.25) is 14.2 Å². The predicted molar refractivity (Wildman–Crippen MR) is 75.2 cm³/mol. The van der Waals surface area contributed by atoms with Gasteiger partial charge in [0.05, 0.1) is 5.92 Å². The SMILES string of the molecule is CC(C)CCNC(=O)C1CSc2nccc(=O)n2C1. The minimum Gasteiger partial charge on any atom is -0.356 e. The third-order valence-corrected chi connectivity index (χ3v) is 4.26. The summed E-state index contributed by atoms with van der Waals surface area (Å²) >= 11 is 1.47. The molecule has 0 saturated heterocycles. The van der Waals surface area contributed by atoms with E-state index in [0.29, 0.717) is 29.9 Å². The van der Waals surface area contributed by atoms with Crippen LogP contribution in [0.5, 0.6) is 0 Å². The summed E-state index contributed by atoms with van der Waals surface area (Å²) in [5.74, 6) is 1.15. The van der Waals surface area contributed by atoms with Crippen LogP contribution in [-0.2, 0) is 11.3 Å². The zero-order valence-electron chi connectivity index (χ0n) is 11.3. The molecule has 1 amide bonds. The maximum Gasteiger partial charge on any atom is 0.254 e.